The summed E-state index contributed by atoms with van der Waals surface area (Å²) in [4.78, 5) is 12.3. The molecule has 0 aromatic carbocycles. The van der Waals surface area contributed by atoms with Crippen LogP contribution in [0.1, 0.15) is 53.4 Å². The molecule has 1 saturated heterocycles. The largest absolute Gasteiger partial charge is 0.296 e. The highest BCUT2D eigenvalue weighted by atomic mass is 32.2. The standard InChI is InChI=1S/C14H25NO3S/c1-5-15-14(12(16)10-19(15,17)18)8-6-11(7-9-14)13(2,3)4/h11H,5-10H2,1-4H3. The van der Waals surface area contributed by atoms with E-state index in [1.165, 1.54) is 4.31 Å². The lowest BCUT2D eigenvalue weighted by Gasteiger charge is -2.44. The Morgan fingerprint density at radius 2 is 1.79 bits per heavy atom. The average molecular weight is 287 g/mol. The Morgan fingerprint density at radius 1 is 1.26 bits per heavy atom. The van der Waals surface area contributed by atoms with Crippen molar-refractivity contribution >= 4 is 15.8 Å². The molecule has 0 aromatic heterocycles. The first kappa shape index (κ1) is 15.0. The van der Waals surface area contributed by atoms with Gasteiger partial charge in [-0.25, -0.2) is 8.42 Å². The van der Waals surface area contributed by atoms with E-state index in [1.54, 1.807) is 0 Å². The molecule has 1 spiro atoms. The third-order valence-corrected chi connectivity index (χ3v) is 6.88. The molecule has 4 nitrogen and oxygen atoms in total. The minimum atomic E-state index is -3.36. The maximum absolute atomic E-state index is 12.3. The molecule has 2 rings (SSSR count). The molecule has 1 aliphatic heterocycles. The summed E-state index contributed by atoms with van der Waals surface area (Å²) in [5, 5.41) is 0. The van der Waals surface area contributed by atoms with Crippen LogP contribution in [0.25, 0.3) is 0 Å². The molecule has 2 fully saturated rings. The van der Waals surface area contributed by atoms with Crippen LogP contribution >= 0.6 is 0 Å². The summed E-state index contributed by atoms with van der Waals surface area (Å²) >= 11 is 0. The normalized spacial score (nSPS) is 36.0. The maximum Gasteiger partial charge on any atom is 0.222 e. The van der Waals surface area contributed by atoms with Crippen LogP contribution in [0.15, 0.2) is 0 Å². The van der Waals surface area contributed by atoms with Gasteiger partial charge in [-0.15, -0.1) is 0 Å². The van der Waals surface area contributed by atoms with Crippen LogP contribution in [0.4, 0.5) is 0 Å². The molecule has 0 unspecified atom stereocenters. The van der Waals surface area contributed by atoms with Crippen molar-refractivity contribution in [3.05, 3.63) is 0 Å². The van der Waals surface area contributed by atoms with E-state index >= 15 is 0 Å². The van der Waals surface area contributed by atoms with Gasteiger partial charge in [-0.05, 0) is 37.0 Å². The fourth-order valence-electron chi connectivity index (χ4n) is 3.77. The molecule has 2 aliphatic rings. The molecule has 0 radical (unpaired) electrons. The fourth-order valence-corrected chi connectivity index (χ4v) is 5.74. The topological polar surface area (TPSA) is 54.5 Å². The number of nitrogens with zero attached hydrogens (tertiary/aromatic N) is 1. The van der Waals surface area contributed by atoms with E-state index in [9.17, 15) is 13.2 Å². The number of sulfonamides is 1. The second-order valence-electron chi connectivity index (χ2n) is 7.02. The summed E-state index contributed by atoms with van der Waals surface area (Å²) in [6.45, 7) is 8.91. The Hall–Kier alpha value is -0.420. The highest BCUT2D eigenvalue weighted by Gasteiger charge is 2.57. The minimum Gasteiger partial charge on any atom is -0.296 e. The lowest BCUT2D eigenvalue weighted by atomic mass is 9.66. The molecule has 110 valence electrons. The maximum atomic E-state index is 12.3. The van der Waals surface area contributed by atoms with Crippen molar-refractivity contribution < 1.29 is 13.2 Å². The molecule has 0 N–H and O–H groups in total. The second-order valence-corrected chi connectivity index (χ2v) is 8.91. The van der Waals surface area contributed by atoms with Gasteiger partial charge in [0.05, 0.1) is 5.54 Å². The summed E-state index contributed by atoms with van der Waals surface area (Å²) in [5.41, 5.74) is -0.478. The summed E-state index contributed by atoms with van der Waals surface area (Å²) in [6, 6.07) is 0. The number of carbonyl (C=O) groups is 1. The van der Waals surface area contributed by atoms with Gasteiger partial charge in [0.25, 0.3) is 0 Å². The van der Waals surface area contributed by atoms with Gasteiger partial charge in [0.15, 0.2) is 5.78 Å². The Balaban J connectivity index is 2.24. The van der Waals surface area contributed by atoms with Crippen LogP contribution < -0.4 is 0 Å². The van der Waals surface area contributed by atoms with Gasteiger partial charge in [0.2, 0.25) is 10.0 Å². The molecule has 5 heteroatoms. The Kier molecular flexibility index (Phi) is 3.59. The van der Waals surface area contributed by atoms with Gasteiger partial charge >= 0.3 is 0 Å². The van der Waals surface area contributed by atoms with Crippen molar-refractivity contribution in [2.75, 3.05) is 12.3 Å². The van der Waals surface area contributed by atoms with Crippen LogP contribution in [0.5, 0.6) is 0 Å². The van der Waals surface area contributed by atoms with E-state index in [1.807, 2.05) is 6.92 Å². The van der Waals surface area contributed by atoms with Gasteiger partial charge in [-0.3, -0.25) is 4.79 Å². The number of likely N-dealkylation sites (N-methyl/N-ethyl adjacent to an activating group) is 1. The zero-order chi connectivity index (χ0) is 14.5. The molecule has 1 aliphatic carbocycles. The Labute approximate surface area is 116 Å². The van der Waals surface area contributed by atoms with Crippen molar-refractivity contribution in [1.82, 2.24) is 4.31 Å². The fraction of sp³-hybridized carbons (Fsp3) is 0.929. The van der Waals surface area contributed by atoms with Crippen molar-refractivity contribution in [2.24, 2.45) is 11.3 Å². The first-order chi connectivity index (χ1) is 8.63. The predicted molar refractivity (Wildman–Crippen MR) is 75.3 cm³/mol. The van der Waals surface area contributed by atoms with Crippen LogP contribution in [0, 0.1) is 11.3 Å². The minimum absolute atomic E-state index is 0.0818. The number of rotatable bonds is 1. The van der Waals surface area contributed by atoms with Crippen molar-refractivity contribution in [1.29, 1.82) is 0 Å². The number of carbonyl (C=O) groups excluding carboxylic acids is 1. The summed E-state index contributed by atoms with van der Waals surface area (Å²) < 4.78 is 25.6. The first-order valence-corrected chi connectivity index (χ1v) is 8.78. The Morgan fingerprint density at radius 3 is 2.21 bits per heavy atom. The average Bonchev–Trinajstić information content (AvgIpc) is 2.45. The monoisotopic (exact) mass is 287 g/mol. The molecular weight excluding hydrogens is 262 g/mol. The third-order valence-electron chi connectivity index (χ3n) is 4.97. The second kappa shape index (κ2) is 4.55. The van der Waals surface area contributed by atoms with E-state index in [0.29, 0.717) is 25.3 Å². The smallest absolute Gasteiger partial charge is 0.222 e. The number of hydrogen-bond acceptors (Lipinski definition) is 3. The van der Waals surface area contributed by atoms with Gasteiger partial charge in [-0.1, -0.05) is 27.7 Å². The summed E-state index contributed by atoms with van der Waals surface area (Å²) in [5.74, 6) is 0.204. The van der Waals surface area contributed by atoms with Crippen molar-refractivity contribution in [2.45, 2.75) is 58.9 Å². The van der Waals surface area contributed by atoms with E-state index in [2.05, 4.69) is 20.8 Å². The molecule has 19 heavy (non-hydrogen) atoms. The van der Waals surface area contributed by atoms with Crippen LogP contribution in [0.3, 0.4) is 0 Å². The molecule has 1 saturated carbocycles. The molecule has 0 aromatic rings. The highest BCUT2D eigenvalue weighted by Crippen LogP contribution is 2.47. The van der Waals surface area contributed by atoms with E-state index in [0.717, 1.165) is 12.8 Å². The number of Topliss-reactive ketones (excluding diaryl/α,β-unsaturated/α-hetero) is 1. The zero-order valence-electron chi connectivity index (χ0n) is 12.4. The lowest BCUT2D eigenvalue weighted by molar-refractivity contribution is -0.126. The summed E-state index contributed by atoms with van der Waals surface area (Å²) in [6.07, 6.45) is 3.28. The Bertz CT molecular complexity index is 467. The van der Waals surface area contributed by atoms with Gasteiger partial charge in [0.1, 0.15) is 5.75 Å². The van der Waals surface area contributed by atoms with Crippen molar-refractivity contribution in [3.8, 4) is 0 Å². The number of ketones is 1. The zero-order valence-corrected chi connectivity index (χ0v) is 13.2. The first-order valence-electron chi connectivity index (χ1n) is 7.17. The van der Waals surface area contributed by atoms with Gasteiger partial charge in [-0.2, -0.15) is 4.31 Å². The van der Waals surface area contributed by atoms with Crippen LogP contribution in [0.2, 0.25) is 0 Å². The third kappa shape index (κ3) is 2.35. The quantitative estimate of drug-likeness (QED) is 0.743. The van der Waals surface area contributed by atoms with Gasteiger partial charge < -0.3 is 0 Å². The molecule has 0 amide bonds. The predicted octanol–water partition coefficient (Wildman–Crippen LogP) is 2.20. The number of hydrogen-bond donors (Lipinski definition) is 0. The van der Waals surface area contributed by atoms with E-state index in [-0.39, 0.29) is 17.0 Å². The molecular formula is C14H25NO3S. The van der Waals surface area contributed by atoms with E-state index in [4.69, 9.17) is 0 Å². The SMILES string of the molecule is CCN1C2(CCC(C(C)(C)C)CC2)C(=O)CS1(=O)=O. The summed E-state index contributed by atoms with van der Waals surface area (Å²) in [7, 11) is -3.36. The lowest BCUT2D eigenvalue weighted by Crippen LogP contribution is -2.52. The molecule has 1 heterocycles. The van der Waals surface area contributed by atoms with Crippen molar-refractivity contribution in [3.63, 3.8) is 0 Å². The highest BCUT2D eigenvalue weighted by molar-refractivity contribution is 7.90. The van der Waals surface area contributed by atoms with Crippen LogP contribution in [-0.2, 0) is 14.8 Å². The molecule has 0 atom stereocenters. The van der Waals surface area contributed by atoms with Crippen LogP contribution in [-0.4, -0.2) is 36.3 Å². The van der Waals surface area contributed by atoms with E-state index < -0.39 is 15.6 Å². The van der Waals surface area contributed by atoms with Gasteiger partial charge in [0, 0.05) is 6.54 Å². The molecule has 0 bridgehead atoms.